The molecule has 1 aliphatic heterocycles. The zero-order chi connectivity index (χ0) is 59.2. The van der Waals surface area contributed by atoms with Gasteiger partial charge in [-0.15, -0.1) is 0 Å². The van der Waals surface area contributed by atoms with Crippen molar-refractivity contribution >= 4 is 110 Å². The zero-order valence-corrected chi connectivity index (χ0v) is 54.0. The smallest absolute Gasteiger partial charge is 0.462 e. The van der Waals surface area contributed by atoms with Crippen molar-refractivity contribution in [1.29, 1.82) is 0 Å². The number of hydrogen-bond acceptors (Lipinski definition) is 15. The van der Waals surface area contributed by atoms with E-state index in [-0.39, 0.29) is 24.5 Å². The highest BCUT2D eigenvalue weighted by Crippen LogP contribution is 2.53. The summed E-state index contributed by atoms with van der Waals surface area (Å²) in [5, 5.41) is 2.63. The Bertz CT molecular complexity index is 2090. The van der Waals surface area contributed by atoms with E-state index in [1.165, 1.54) is 70.2 Å². The summed E-state index contributed by atoms with van der Waals surface area (Å²) >= 11 is 36.4. The number of phosphoric acid groups is 1. The Hall–Kier alpha value is -2.41. The molecular formula is C56H86Cl6NO15PSi. The summed E-state index contributed by atoms with van der Waals surface area (Å²) in [4.78, 5) is 55.7. The fourth-order valence-corrected chi connectivity index (χ4v) is 10.7. The van der Waals surface area contributed by atoms with Crippen LogP contribution in [0.2, 0.25) is 25.7 Å². The third-order valence-electron chi connectivity index (χ3n) is 12.8. The fraction of sp³-hybridized carbons (Fsp3) is 0.714. The normalized spacial score (nSPS) is 18.4. The number of rotatable bonds is 38. The molecule has 1 heterocycles. The Morgan fingerprint density at radius 3 is 1.70 bits per heavy atom. The number of para-hydroxylation sites is 2. The number of alkyl halides is 6. The van der Waals surface area contributed by atoms with E-state index in [1.54, 1.807) is 36.4 Å². The van der Waals surface area contributed by atoms with Crippen LogP contribution in [-0.2, 0) is 51.8 Å². The summed E-state index contributed by atoms with van der Waals surface area (Å²) in [6.45, 7) is 11.9. The average Bonchev–Trinajstić information content (AvgIpc) is 3.36. The SMILES string of the molecule is CCCCCCCCCCC[C@H](CC(=O)O[C@@H]1[C@H](NC(=O)OCC(Cl)(Cl)Cl)[C@@H](OCC[Si](C)(C)C)O[C@H](COC(=O)OC(C)(C)C(Cl)(Cl)Cl)[C@H]1OP(=O)(Oc1ccccc1)Oc1ccccc1)OC(=O)CCCCCCCCCC. The quantitative estimate of drug-likeness (QED) is 0.0167. The van der Waals surface area contributed by atoms with Gasteiger partial charge in [0.05, 0.1) is 6.42 Å². The van der Waals surface area contributed by atoms with Crippen LogP contribution in [0, 0.1) is 0 Å². The molecule has 1 saturated heterocycles. The van der Waals surface area contributed by atoms with E-state index in [0.717, 1.165) is 64.2 Å². The van der Waals surface area contributed by atoms with Crippen LogP contribution in [0.15, 0.2) is 60.7 Å². The van der Waals surface area contributed by atoms with Crippen LogP contribution in [0.5, 0.6) is 11.5 Å². The van der Waals surface area contributed by atoms with E-state index >= 15 is 4.57 Å². The molecule has 3 rings (SSSR count). The van der Waals surface area contributed by atoms with E-state index in [0.29, 0.717) is 25.3 Å². The maximum absolute atomic E-state index is 15.4. The number of nitrogens with one attached hydrogen (secondary N) is 1. The van der Waals surface area contributed by atoms with Gasteiger partial charge in [0.15, 0.2) is 18.0 Å². The summed E-state index contributed by atoms with van der Waals surface area (Å²) in [6.07, 6.45) is 7.37. The van der Waals surface area contributed by atoms with E-state index in [1.807, 2.05) is 0 Å². The lowest BCUT2D eigenvalue weighted by Crippen LogP contribution is -2.66. The molecule has 0 saturated carbocycles. The zero-order valence-electron chi connectivity index (χ0n) is 47.5. The molecule has 2 aromatic rings. The highest BCUT2D eigenvalue weighted by Gasteiger charge is 2.55. The predicted molar refractivity (Wildman–Crippen MR) is 318 cm³/mol. The van der Waals surface area contributed by atoms with Gasteiger partial charge in [0.1, 0.15) is 49.1 Å². The first-order valence-corrected chi connectivity index (χ1v) is 35.5. The second-order valence-electron chi connectivity index (χ2n) is 21.7. The van der Waals surface area contributed by atoms with Crippen molar-refractivity contribution in [1.82, 2.24) is 5.32 Å². The highest BCUT2D eigenvalue weighted by molar-refractivity contribution is 7.49. The third-order valence-corrected chi connectivity index (χ3v) is 17.6. The van der Waals surface area contributed by atoms with Crippen LogP contribution in [-0.4, -0.2) is 102 Å². The Kier molecular flexibility index (Phi) is 33.3. The molecule has 1 fully saturated rings. The number of benzene rings is 2. The Morgan fingerprint density at radius 1 is 0.688 bits per heavy atom. The lowest BCUT2D eigenvalue weighted by Gasteiger charge is -2.45. The Labute approximate surface area is 506 Å². The van der Waals surface area contributed by atoms with Crippen LogP contribution >= 0.6 is 77.4 Å². The standard InChI is InChI=1S/C56H86Cl6NO15PSi/c1-8-10-12-14-16-18-19-21-25-35-44(72-46(64)36-30-22-20-17-15-13-11-9-2)39-47(65)74-50-48(63-52(66)71-41-55(57,58)59)51(69-37-38-80(5,6)7)73-45(40-70-53(67)75-54(3,4)56(60,61)62)49(50)78-79(68,76-42-31-26-23-27-32-42)77-43-33-28-24-29-34-43/h23-24,26-29,31-34,44-45,48-51H,8-22,25,30,35-41H2,1-7H3,(H,63,66)/t44-,45-,48+,49-,50-,51+/m1/s1. The minimum atomic E-state index is -5.01. The number of alkyl carbamates (subject to hydrolysis) is 1. The Morgan fingerprint density at radius 2 is 1.20 bits per heavy atom. The van der Waals surface area contributed by atoms with Gasteiger partial charge in [-0.05, 0) is 63.4 Å². The minimum Gasteiger partial charge on any atom is -0.462 e. The molecular weight excluding hydrogens is 1200 g/mol. The van der Waals surface area contributed by atoms with E-state index in [4.69, 9.17) is 116 Å². The van der Waals surface area contributed by atoms with Crippen molar-refractivity contribution in [3.05, 3.63) is 60.7 Å². The van der Waals surface area contributed by atoms with E-state index in [2.05, 4.69) is 38.8 Å². The van der Waals surface area contributed by atoms with Gasteiger partial charge < -0.3 is 47.5 Å². The predicted octanol–water partition coefficient (Wildman–Crippen LogP) is 17.1. The van der Waals surface area contributed by atoms with Crippen molar-refractivity contribution in [2.75, 3.05) is 19.8 Å². The van der Waals surface area contributed by atoms with E-state index < -0.39 is 110 Å². The molecule has 6 atom stereocenters. The third kappa shape index (κ3) is 30.4. The van der Waals surface area contributed by atoms with Crippen LogP contribution in [0.4, 0.5) is 9.59 Å². The van der Waals surface area contributed by atoms with Crippen molar-refractivity contribution in [3.63, 3.8) is 0 Å². The lowest BCUT2D eigenvalue weighted by atomic mass is 9.96. The van der Waals surface area contributed by atoms with Gasteiger partial charge in [-0.2, -0.15) is 0 Å². The second kappa shape index (κ2) is 37.1. The minimum absolute atomic E-state index is 0.0352. The lowest BCUT2D eigenvalue weighted by molar-refractivity contribution is -0.269. The first kappa shape index (κ1) is 71.8. The Balaban J connectivity index is 2.17. The van der Waals surface area contributed by atoms with Gasteiger partial charge in [-0.25, -0.2) is 14.2 Å². The molecule has 1 amide bonds. The first-order valence-electron chi connectivity index (χ1n) is 28.1. The summed E-state index contributed by atoms with van der Waals surface area (Å²) in [5.74, 6) is -1.32. The number of carbonyl (C=O) groups excluding carboxylic acids is 4. The monoisotopic (exact) mass is 1280 g/mol. The van der Waals surface area contributed by atoms with Crippen LogP contribution in [0.3, 0.4) is 0 Å². The maximum atomic E-state index is 15.4. The summed E-state index contributed by atoms with van der Waals surface area (Å²) in [6, 6.07) is 14.9. The van der Waals surface area contributed by atoms with Gasteiger partial charge >= 0.3 is 32.0 Å². The van der Waals surface area contributed by atoms with Crippen LogP contribution in [0.1, 0.15) is 156 Å². The number of esters is 2. The van der Waals surface area contributed by atoms with Gasteiger partial charge in [0.2, 0.25) is 7.59 Å². The van der Waals surface area contributed by atoms with E-state index in [9.17, 15) is 19.2 Å². The number of halogens is 6. The molecule has 24 heteroatoms. The number of unbranched alkanes of at least 4 members (excludes halogenated alkanes) is 15. The summed E-state index contributed by atoms with van der Waals surface area (Å²) in [7, 11) is -6.84. The molecule has 0 bridgehead atoms. The van der Waals surface area contributed by atoms with Crippen LogP contribution in [0.25, 0.3) is 0 Å². The summed E-state index contributed by atoms with van der Waals surface area (Å²) in [5.41, 5.74) is -1.73. The largest absolute Gasteiger partial charge is 0.588 e. The molecule has 0 aliphatic carbocycles. The molecule has 80 heavy (non-hydrogen) atoms. The van der Waals surface area contributed by atoms with Crippen molar-refractivity contribution < 1.29 is 70.5 Å². The first-order chi connectivity index (χ1) is 37.7. The number of amides is 1. The molecule has 0 aromatic heterocycles. The molecule has 0 radical (unpaired) electrons. The van der Waals surface area contributed by atoms with Crippen molar-refractivity contribution in [2.45, 2.75) is 232 Å². The second-order valence-corrected chi connectivity index (χ2v) is 33.6. The molecule has 2 aromatic carbocycles. The average molecular weight is 1290 g/mol. The molecule has 456 valence electrons. The number of hydrogen-bond donors (Lipinski definition) is 1. The van der Waals surface area contributed by atoms with Gasteiger partial charge in [0, 0.05) is 21.1 Å². The van der Waals surface area contributed by atoms with Crippen molar-refractivity contribution in [2.24, 2.45) is 0 Å². The highest BCUT2D eigenvalue weighted by atomic mass is 35.6. The van der Waals surface area contributed by atoms with Crippen LogP contribution < -0.4 is 14.4 Å². The topological polar surface area (TPSA) is 190 Å². The fourth-order valence-electron chi connectivity index (χ4n) is 8.20. The number of phosphoric ester groups is 1. The number of ether oxygens (including phenoxy) is 7. The molecule has 1 N–H and O–H groups in total. The van der Waals surface area contributed by atoms with Gasteiger partial charge in [-0.3, -0.25) is 14.1 Å². The molecule has 1 aliphatic rings. The van der Waals surface area contributed by atoms with Crippen molar-refractivity contribution in [3.8, 4) is 11.5 Å². The summed E-state index contributed by atoms with van der Waals surface area (Å²) < 4.78 is 71.5. The molecule has 0 spiro atoms. The number of carbonyl (C=O) groups is 4. The molecule has 16 nitrogen and oxygen atoms in total. The van der Waals surface area contributed by atoms with Gasteiger partial charge in [0.25, 0.3) is 0 Å². The van der Waals surface area contributed by atoms with Gasteiger partial charge in [-0.1, -0.05) is 236 Å². The maximum Gasteiger partial charge on any atom is 0.588 e. The molecule has 0 unspecified atom stereocenters.